The molecule has 3 nitrogen and oxygen atoms in total. The molecule has 2 rings (SSSR count). The van der Waals surface area contributed by atoms with Gasteiger partial charge in [-0.3, -0.25) is 4.79 Å². The molecule has 0 unspecified atom stereocenters. The zero-order chi connectivity index (χ0) is 12.8. The van der Waals surface area contributed by atoms with Gasteiger partial charge in [0.25, 0.3) is 0 Å². The smallest absolute Gasteiger partial charge is 0.314 e. The number of carboxylic acids is 1. The predicted molar refractivity (Wildman–Crippen MR) is 61.2 cm³/mol. The standard InChI is InChI=1S/C12H12ClFO3/c1-6-8(14)5-7(13)10(17-2)9(6)12(3-4-12)11(15)16/h5H,3-4H2,1-2H3,(H,15,16). The number of aliphatic carboxylic acids is 1. The molecule has 0 atom stereocenters. The fourth-order valence-corrected chi connectivity index (χ4v) is 2.43. The molecule has 0 aliphatic heterocycles. The first-order valence-corrected chi connectivity index (χ1v) is 5.58. The molecule has 1 saturated carbocycles. The first-order chi connectivity index (χ1) is 7.94. The Labute approximate surface area is 103 Å². The molecular weight excluding hydrogens is 247 g/mol. The second-order valence-corrected chi connectivity index (χ2v) is 4.67. The van der Waals surface area contributed by atoms with Crippen molar-refractivity contribution in [1.29, 1.82) is 0 Å². The van der Waals surface area contributed by atoms with Crippen LogP contribution in [0.3, 0.4) is 0 Å². The van der Waals surface area contributed by atoms with Crippen LogP contribution in [0.2, 0.25) is 5.02 Å². The minimum atomic E-state index is -1.03. The Morgan fingerprint density at radius 3 is 2.59 bits per heavy atom. The van der Waals surface area contributed by atoms with Crippen LogP contribution in [-0.2, 0) is 10.2 Å². The molecule has 0 bridgehead atoms. The van der Waals surface area contributed by atoms with Crippen LogP contribution in [0.5, 0.6) is 5.75 Å². The van der Waals surface area contributed by atoms with E-state index in [0.717, 1.165) is 6.07 Å². The van der Waals surface area contributed by atoms with Crippen LogP contribution in [0.25, 0.3) is 0 Å². The zero-order valence-electron chi connectivity index (χ0n) is 9.51. The number of rotatable bonds is 3. The highest BCUT2D eigenvalue weighted by molar-refractivity contribution is 6.32. The molecule has 1 N–H and O–H groups in total. The Hall–Kier alpha value is -1.29. The Morgan fingerprint density at radius 1 is 1.59 bits per heavy atom. The average Bonchev–Trinajstić information content (AvgIpc) is 3.04. The summed E-state index contributed by atoms with van der Waals surface area (Å²) in [6, 6.07) is 1.15. The van der Waals surface area contributed by atoms with Crippen LogP contribution < -0.4 is 4.74 Å². The fourth-order valence-electron chi connectivity index (χ4n) is 2.17. The van der Waals surface area contributed by atoms with Crippen molar-refractivity contribution in [3.63, 3.8) is 0 Å². The third-order valence-electron chi connectivity index (χ3n) is 3.27. The normalized spacial score (nSPS) is 16.7. The topological polar surface area (TPSA) is 46.5 Å². The van der Waals surface area contributed by atoms with Crippen molar-refractivity contribution < 1.29 is 19.0 Å². The highest BCUT2D eigenvalue weighted by atomic mass is 35.5. The molecule has 0 amide bonds. The molecule has 1 aliphatic rings. The molecule has 92 valence electrons. The number of halogens is 2. The third-order valence-corrected chi connectivity index (χ3v) is 3.55. The fraction of sp³-hybridized carbons (Fsp3) is 0.417. The minimum Gasteiger partial charge on any atom is -0.495 e. The van der Waals surface area contributed by atoms with Crippen LogP contribution in [0.4, 0.5) is 4.39 Å². The molecule has 0 spiro atoms. The van der Waals surface area contributed by atoms with E-state index in [1.807, 2.05) is 0 Å². The van der Waals surface area contributed by atoms with E-state index in [9.17, 15) is 14.3 Å². The van der Waals surface area contributed by atoms with E-state index in [2.05, 4.69) is 0 Å². The summed E-state index contributed by atoms with van der Waals surface area (Å²) in [6.45, 7) is 1.55. The maximum atomic E-state index is 13.6. The van der Waals surface area contributed by atoms with Gasteiger partial charge in [-0.1, -0.05) is 11.6 Å². The van der Waals surface area contributed by atoms with Gasteiger partial charge in [0.1, 0.15) is 11.6 Å². The largest absolute Gasteiger partial charge is 0.495 e. The summed E-state index contributed by atoms with van der Waals surface area (Å²) in [5.74, 6) is -1.19. The van der Waals surface area contributed by atoms with E-state index in [1.54, 1.807) is 6.92 Å². The minimum absolute atomic E-state index is 0.109. The lowest BCUT2D eigenvalue weighted by Crippen LogP contribution is -2.22. The number of hydrogen-bond donors (Lipinski definition) is 1. The molecule has 0 aromatic heterocycles. The van der Waals surface area contributed by atoms with Gasteiger partial charge in [-0.05, 0) is 31.4 Å². The lowest BCUT2D eigenvalue weighted by atomic mass is 9.90. The average molecular weight is 259 g/mol. The van der Waals surface area contributed by atoms with Gasteiger partial charge >= 0.3 is 5.97 Å². The Kier molecular flexibility index (Phi) is 2.78. The van der Waals surface area contributed by atoms with E-state index < -0.39 is 17.2 Å². The van der Waals surface area contributed by atoms with Gasteiger partial charge in [-0.2, -0.15) is 0 Å². The monoisotopic (exact) mass is 258 g/mol. The number of ether oxygens (including phenoxy) is 1. The molecule has 1 aromatic rings. The van der Waals surface area contributed by atoms with Crippen LogP contribution in [0, 0.1) is 12.7 Å². The van der Waals surface area contributed by atoms with E-state index in [0.29, 0.717) is 24.0 Å². The predicted octanol–water partition coefficient (Wildman–Crippen LogP) is 2.91. The zero-order valence-corrected chi connectivity index (χ0v) is 10.3. The first kappa shape index (κ1) is 12.2. The second-order valence-electron chi connectivity index (χ2n) is 4.26. The second kappa shape index (κ2) is 3.88. The van der Waals surface area contributed by atoms with E-state index in [4.69, 9.17) is 16.3 Å². The molecule has 0 heterocycles. The SMILES string of the molecule is COc1c(Cl)cc(F)c(C)c1C1(C(=O)O)CC1. The van der Waals surface area contributed by atoms with Crippen molar-refractivity contribution in [3.05, 3.63) is 28.0 Å². The summed E-state index contributed by atoms with van der Waals surface area (Å²) in [4.78, 5) is 11.3. The number of methoxy groups -OCH3 is 1. The first-order valence-electron chi connectivity index (χ1n) is 5.20. The van der Waals surface area contributed by atoms with Gasteiger partial charge in [0, 0.05) is 5.56 Å². The van der Waals surface area contributed by atoms with Crippen molar-refractivity contribution in [2.45, 2.75) is 25.2 Å². The van der Waals surface area contributed by atoms with Gasteiger partial charge in [0.15, 0.2) is 0 Å². The molecule has 17 heavy (non-hydrogen) atoms. The molecular formula is C12H12ClFO3. The maximum Gasteiger partial charge on any atom is 0.314 e. The van der Waals surface area contributed by atoms with Crippen molar-refractivity contribution in [1.82, 2.24) is 0 Å². The lowest BCUT2D eigenvalue weighted by Gasteiger charge is -2.19. The highest BCUT2D eigenvalue weighted by Gasteiger charge is 2.54. The van der Waals surface area contributed by atoms with Gasteiger partial charge in [-0.15, -0.1) is 0 Å². The van der Waals surface area contributed by atoms with Crippen molar-refractivity contribution in [2.75, 3.05) is 7.11 Å². The van der Waals surface area contributed by atoms with Gasteiger partial charge in [0.05, 0.1) is 17.5 Å². The van der Waals surface area contributed by atoms with E-state index >= 15 is 0 Å². The molecule has 1 aromatic carbocycles. The van der Waals surface area contributed by atoms with Crippen LogP contribution in [0.15, 0.2) is 6.07 Å². The Bertz CT molecular complexity index is 495. The number of carboxylic acid groups (broad SMARTS) is 1. The van der Waals surface area contributed by atoms with Crippen LogP contribution in [0.1, 0.15) is 24.0 Å². The molecule has 0 radical (unpaired) electrons. The summed E-state index contributed by atoms with van der Waals surface area (Å²) < 4.78 is 18.8. The number of carbonyl (C=O) groups is 1. The van der Waals surface area contributed by atoms with Crippen molar-refractivity contribution in [3.8, 4) is 5.75 Å². The molecule has 5 heteroatoms. The van der Waals surface area contributed by atoms with Gasteiger partial charge in [0.2, 0.25) is 0 Å². The van der Waals surface area contributed by atoms with Crippen LogP contribution >= 0.6 is 11.6 Å². The number of benzene rings is 1. The van der Waals surface area contributed by atoms with E-state index in [-0.39, 0.29) is 10.8 Å². The highest BCUT2D eigenvalue weighted by Crippen LogP contribution is 2.54. The van der Waals surface area contributed by atoms with Crippen molar-refractivity contribution >= 4 is 17.6 Å². The number of hydrogen-bond acceptors (Lipinski definition) is 2. The lowest BCUT2D eigenvalue weighted by molar-refractivity contribution is -0.140. The molecule has 1 aliphatic carbocycles. The Balaban J connectivity index is 2.71. The summed E-state index contributed by atoms with van der Waals surface area (Å²) in [5.41, 5.74) is -0.357. The third kappa shape index (κ3) is 1.67. The maximum absolute atomic E-state index is 13.6. The molecule has 0 saturated heterocycles. The summed E-state index contributed by atoms with van der Waals surface area (Å²) in [5, 5.41) is 9.37. The Morgan fingerprint density at radius 2 is 2.18 bits per heavy atom. The molecule has 1 fully saturated rings. The van der Waals surface area contributed by atoms with Gasteiger partial charge in [-0.25, -0.2) is 4.39 Å². The van der Waals surface area contributed by atoms with Gasteiger partial charge < -0.3 is 9.84 Å². The quantitative estimate of drug-likeness (QED) is 0.907. The van der Waals surface area contributed by atoms with Crippen LogP contribution in [-0.4, -0.2) is 18.2 Å². The summed E-state index contributed by atoms with van der Waals surface area (Å²) >= 11 is 5.89. The van der Waals surface area contributed by atoms with Crippen molar-refractivity contribution in [2.24, 2.45) is 0 Å². The summed E-state index contributed by atoms with van der Waals surface area (Å²) in [6.07, 6.45) is 0.971. The van der Waals surface area contributed by atoms with E-state index in [1.165, 1.54) is 7.11 Å². The summed E-state index contributed by atoms with van der Waals surface area (Å²) in [7, 11) is 1.40.